The first-order valence-corrected chi connectivity index (χ1v) is 5.99. The number of aromatic nitrogens is 1. The predicted octanol–water partition coefficient (Wildman–Crippen LogP) is 2.29. The van der Waals surface area contributed by atoms with Gasteiger partial charge < -0.3 is 10.0 Å². The minimum atomic E-state index is -0.982. The van der Waals surface area contributed by atoms with E-state index in [9.17, 15) is 4.79 Å². The maximum atomic E-state index is 10.7. The third-order valence-electron chi connectivity index (χ3n) is 2.91. The van der Waals surface area contributed by atoms with Crippen LogP contribution < -0.4 is 4.90 Å². The summed E-state index contributed by atoms with van der Waals surface area (Å²) >= 11 is 0. The second-order valence-electron chi connectivity index (χ2n) is 4.36. The monoisotopic (exact) mass is 267 g/mol. The molecule has 5 heteroatoms. The molecule has 0 aliphatic heterocycles. The van der Waals surface area contributed by atoms with Gasteiger partial charge in [0.2, 0.25) is 0 Å². The van der Waals surface area contributed by atoms with Gasteiger partial charge in [-0.3, -0.25) is 4.98 Å². The fourth-order valence-corrected chi connectivity index (χ4v) is 1.77. The summed E-state index contributed by atoms with van der Waals surface area (Å²) in [7, 11) is 1.91. The number of aromatic carboxylic acids is 1. The number of rotatable bonds is 4. The first-order valence-electron chi connectivity index (χ1n) is 5.99. The van der Waals surface area contributed by atoms with Gasteiger partial charge in [-0.2, -0.15) is 5.26 Å². The van der Waals surface area contributed by atoms with Gasteiger partial charge >= 0.3 is 5.97 Å². The highest BCUT2D eigenvalue weighted by molar-refractivity contribution is 5.87. The third-order valence-corrected chi connectivity index (χ3v) is 2.91. The van der Waals surface area contributed by atoms with E-state index in [4.69, 9.17) is 10.4 Å². The van der Waals surface area contributed by atoms with Crippen molar-refractivity contribution >= 4 is 11.7 Å². The van der Waals surface area contributed by atoms with Crippen LogP contribution in [0.25, 0.3) is 0 Å². The van der Waals surface area contributed by atoms with Crippen LogP contribution in [0.2, 0.25) is 0 Å². The van der Waals surface area contributed by atoms with Crippen molar-refractivity contribution in [1.29, 1.82) is 5.26 Å². The van der Waals surface area contributed by atoms with Gasteiger partial charge in [-0.25, -0.2) is 4.79 Å². The lowest BCUT2D eigenvalue weighted by Gasteiger charge is -2.18. The number of nitrogens with zero attached hydrogens (tertiary/aromatic N) is 3. The summed E-state index contributed by atoms with van der Waals surface area (Å²) in [5, 5.41) is 17.6. The van der Waals surface area contributed by atoms with Gasteiger partial charge in [-0.1, -0.05) is 0 Å². The van der Waals surface area contributed by atoms with Crippen LogP contribution in [0.1, 0.15) is 21.6 Å². The van der Waals surface area contributed by atoms with Crippen molar-refractivity contribution in [3.63, 3.8) is 0 Å². The third kappa shape index (κ3) is 3.12. The van der Waals surface area contributed by atoms with E-state index in [1.807, 2.05) is 24.1 Å². The van der Waals surface area contributed by atoms with Crippen molar-refractivity contribution in [2.75, 3.05) is 11.9 Å². The Hall–Kier alpha value is -2.87. The largest absolute Gasteiger partial charge is 0.478 e. The first kappa shape index (κ1) is 13.6. The fourth-order valence-electron chi connectivity index (χ4n) is 1.77. The predicted molar refractivity (Wildman–Crippen MR) is 74.5 cm³/mol. The molecule has 0 spiro atoms. The molecule has 2 aromatic rings. The van der Waals surface area contributed by atoms with Gasteiger partial charge in [0, 0.05) is 18.9 Å². The molecular weight excluding hydrogens is 254 g/mol. The number of anilines is 1. The van der Waals surface area contributed by atoms with Gasteiger partial charge in [-0.15, -0.1) is 0 Å². The highest BCUT2D eigenvalue weighted by atomic mass is 16.4. The number of pyridine rings is 1. The lowest BCUT2D eigenvalue weighted by molar-refractivity contribution is 0.0696. The molecule has 1 aromatic carbocycles. The number of carboxylic acid groups (broad SMARTS) is 1. The van der Waals surface area contributed by atoms with E-state index in [2.05, 4.69) is 11.1 Å². The molecule has 0 atom stereocenters. The van der Waals surface area contributed by atoms with E-state index in [-0.39, 0.29) is 5.56 Å². The van der Waals surface area contributed by atoms with Crippen LogP contribution in [0.5, 0.6) is 0 Å². The van der Waals surface area contributed by atoms with E-state index in [1.165, 1.54) is 12.3 Å². The standard InChI is InChI=1S/C15H13N3O2/c1-18(14-6-2-11(8-16)3-7-14)10-13-5-4-12(9-17-13)15(19)20/h2-7,9H,10H2,1H3,(H,19,20). The van der Waals surface area contributed by atoms with Crippen LogP contribution in [-0.2, 0) is 6.54 Å². The van der Waals surface area contributed by atoms with Crippen LogP contribution in [0.4, 0.5) is 5.69 Å². The highest BCUT2D eigenvalue weighted by Gasteiger charge is 2.06. The van der Waals surface area contributed by atoms with E-state index in [1.54, 1.807) is 18.2 Å². The normalized spacial score (nSPS) is 9.80. The zero-order valence-corrected chi connectivity index (χ0v) is 10.9. The molecule has 0 fully saturated rings. The molecule has 0 bridgehead atoms. The van der Waals surface area contributed by atoms with Crippen molar-refractivity contribution in [2.24, 2.45) is 0 Å². The van der Waals surface area contributed by atoms with E-state index in [0.717, 1.165) is 11.4 Å². The molecule has 0 unspecified atom stereocenters. The second kappa shape index (κ2) is 5.85. The topological polar surface area (TPSA) is 77.2 Å². The minimum Gasteiger partial charge on any atom is -0.478 e. The molecule has 0 saturated heterocycles. The molecular formula is C15H13N3O2. The smallest absolute Gasteiger partial charge is 0.337 e. The van der Waals surface area contributed by atoms with E-state index < -0.39 is 5.97 Å². The lowest BCUT2D eigenvalue weighted by atomic mass is 10.2. The molecule has 0 aliphatic carbocycles. The Morgan fingerprint density at radius 1 is 1.30 bits per heavy atom. The molecule has 1 heterocycles. The van der Waals surface area contributed by atoms with Gasteiger partial charge in [0.15, 0.2) is 0 Å². The highest BCUT2D eigenvalue weighted by Crippen LogP contribution is 2.15. The van der Waals surface area contributed by atoms with Crippen molar-refractivity contribution in [2.45, 2.75) is 6.54 Å². The molecule has 2 rings (SSSR count). The van der Waals surface area contributed by atoms with Crippen molar-refractivity contribution in [1.82, 2.24) is 4.98 Å². The van der Waals surface area contributed by atoms with E-state index in [0.29, 0.717) is 12.1 Å². The van der Waals surface area contributed by atoms with Gasteiger partial charge in [-0.05, 0) is 36.4 Å². The maximum Gasteiger partial charge on any atom is 0.337 e. The summed E-state index contributed by atoms with van der Waals surface area (Å²) in [4.78, 5) is 16.8. The number of carbonyl (C=O) groups is 1. The SMILES string of the molecule is CN(Cc1ccc(C(=O)O)cn1)c1ccc(C#N)cc1. The number of benzene rings is 1. The van der Waals surface area contributed by atoms with Crippen molar-refractivity contribution in [3.05, 3.63) is 59.4 Å². The average Bonchev–Trinajstić information content (AvgIpc) is 2.48. The number of nitriles is 1. The van der Waals surface area contributed by atoms with Crippen molar-refractivity contribution in [3.8, 4) is 6.07 Å². The molecule has 1 aromatic heterocycles. The van der Waals surface area contributed by atoms with Crippen LogP contribution in [-0.4, -0.2) is 23.1 Å². The number of hydrogen-bond acceptors (Lipinski definition) is 4. The molecule has 0 saturated carbocycles. The zero-order chi connectivity index (χ0) is 14.5. The summed E-state index contributed by atoms with van der Waals surface area (Å²) < 4.78 is 0. The Morgan fingerprint density at radius 3 is 2.50 bits per heavy atom. The van der Waals surface area contributed by atoms with Crippen LogP contribution in [0.3, 0.4) is 0 Å². The Balaban J connectivity index is 2.08. The zero-order valence-electron chi connectivity index (χ0n) is 10.9. The summed E-state index contributed by atoms with van der Waals surface area (Å²) in [6.07, 6.45) is 1.35. The fraction of sp³-hybridized carbons (Fsp3) is 0.133. The number of hydrogen-bond donors (Lipinski definition) is 1. The molecule has 20 heavy (non-hydrogen) atoms. The molecule has 5 nitrogen and oxygen atoms in total. The lowest BCUT2D eigenvalue weighted by Crippen LogP contribution is -2.17. The Kier molecular flexibility index (Phi) is 3.96. The van der Waals surface area contributed by atoms with Crippen LogP contribution >= 0.6 is 0 Å². The summed E-state index contributed by atoms with van der Waals surface area (Å²) in [6, 6.07) is 12.6. The Labute approximate surface area is 116 Å². The van der Waals surface area contributed by atoms with Crippen LogP contribution in [0.15, 0.2) is 42.6 Å². The van der Waals surface area contributed by atoms with Gasteiger partial charge in [0.05, 0.1) is 29.4 Å². The Bertz CT molecular complexity index is 642. The van der Waals surface area contributed by atoms with Gasteiger partial charge in [0.25, 0.3) is 0 Å². The van der Waals surface area contributed by atoms with Crippen LogP contribution in [0, 0.1) is 11.3 Å². The molecule has 0 radical (unpaired) electrons. The van der Waals surface area contributed by atoms with E-state index >= 15 is 0 Å². The summed E-state index contributed by atoms with van der Waals surface area (Å²) in [5.74, 6) is -0.982. The average molecular weight is 267 g/mol. The molecule has 0 amide bonds. The first-order chi connectivity index (χ1) is 9.60. The minimum absolute atomic E-state index is 0.176. The maximum absolute atomic E-state index is 10.7. The van der Waals surface area contributed by atoms with Gasteiger partial charge in [0.1, 0.15) is 0 Å². The van der Waals surface area contributed by atoms with Crippen molar-refractivity contribution < 1.29 is 9.90 Å². The Morgan fingerprint density at radius 2 is 2.00 bits per heavy atom. The quantitative estimate of drug-likeness (QED) is 0.919. The molecule has 0 aliphatic rings. The molecule has 1 N–H and O–H groups in total. The molecule has 100 valence electrons. The summed E-state index contributed by atoms with van der Waals surface area (Å²) in [5.41, 5.74) is 2.54. The second-order valence-corrected chi connectivity index (χ2v) is 4.36. The summed E-state index contributed by atoms with van der Waals surface area (Å²) in [6.45, 7) is 0.561. The number of carboxylic acids is 1.